The zero-order valence-corrected chi connectivity index (χ0v) is 10.5. The highest BCUT2D eigenvalue weighted by molar-refractivity contribution is 6.06. The molecule has 5 heteroatoms. The van der Waals surface area contributed by atoms with Gasteiger partial charge in [0.2, 0.25) is 5.78 Å². The average molecular weight is 248 g/mol. The number of hydrogen-bond acceptors (Lipinski definition) is 3. The predicted octanol–water partition coefficient (Wildman–Crippen LogP) is 1.42. The number of hydrogen-bond donors (Lipinski definition) is 0. The SMILES string of the molecule is CCOn1cccc1C(=O)c1cccn1OCC. The first-order chi connectivity index (χ1) is 8.77. The van der Waals surface area contributed by atoms with Crippen molar-refractivity contribution in [2.45, 2.75) is 13.8 Å². The van der Waals surface area contributed by atoms with E-state index in [0.29, 0.717) is 24.6 Å². The van der Waals surface area contributed by atoms with Crippen molar-refractivity contribution in [3.05, 3.63) is 48.0 Å². The van der Waals surface area contributed by atoms with Crippen LogP contribution in [0.25, 0.3) is 0 Å². The van der Waals surface area contributed by atoms with Crippen LogP contribution in [0.1, 0.15) is 30.0 Å². The molecule has 0 aromatic carbocycles. The number of ketones is 1. The minimum absolute atomic E-state index is 0.132. The van der Waals surface area contributed by atoms with Gasteiger partial charge in [-0.1, -0.05) is 0 Å². The Morgan fingerprint density at radius 1 is 1.00 bits per heavy atom. The van der Waals surface area contributed by atoms with E-state index in [1.54, 1.807) is 36.7 Å². The number of nitrogens with zero attached hydrogens (tertiary/aromatic N) is 2. The van der Waals surface area contributed by atoms with E-state index in [4.69, 9.17) is 9.68 Å². The van der Waals surface area contributed by atoms with Crippen LogP contribution in [0.3, 0.4) is 0 Å². The minimum Gasteiger partial charge on any atom is -0.414 e. The summed E-state index contributed by atoms with van der Waals surface area (Å²) in [5, 5.41) is 0. The summed E-state index contributed by atoms with van der Waals surface area (Å²) in [6, 6.07) is 7.00. The molecule has 0 N–H and O–H groups in total. The van der Waals surface area contributed by atoms with Crippen LogP contribution in [0.5, 0.6) is 0 Å². The fraction of sp³-hybridized carbons (Fsp3) is 0.308. The third-order valence-corrected chi connectivity index (χ3v) is 2.43. The van der Waals surface area contributed by atoms with Crippen molar-refractivity contribution in [2.75, 3.05) is 13.2 Å². The molecule has 0 atom stereocenters. The monoisotopic (exact) mass is 248 g/mol. The van der Waals surface area contributed by atoms with Gasteiger partial charge in [0.05, 0.1) is 0 Å². The Balaban J connectivity index is 2.29. The maximum Gasteiger partial charge on any atom is 0.232 e. The molecule has 0 aliphatic rings. The van der Waals surface area contributed by atoms with E-state index in [1.165, 1.54) is 9.46 Å². The Hall–Kier alpha value is -2.17. The highest BCUT2D eigenvalue weighted by atomic mass is 16.7. The molecular formula is C13H16N2O3. The molecule has 0 radical (unpaired) electrons. The van der Waals surface area contributed by atoms with E-state index in [-0.39, 0.29) is 5.78 Å². The normalized spacial score (nSPS) is 10.3. The summed E-state index contributed by atoms with van der Waals surface area (Å²) in [7, 11) is 0. The van der Waals surface area contributed by atoms with Crippen LogP contribution in [-0.2, 0) is 0 Å². The predicted molar refractivity (Wildman–Crippen MR) is 66.5 cm³/mol. The highest BCUT2D eigenvalue weighted by Gasteiger charge is 2.18. The Kier molecular flexibility index (Phi) is 3.72. The first-order valence-electron chi connectivity index (χ1n) is 5.94. The van der Waals surface area contributed by atoms with Gasteiger partial charge >= 0.3 is 0 Å². The zero-order chi connectivity index (χ0) is 13.0. The van der Waals surface area contributed by atoms with Gasteiger partial charge in [0.25, 0.3) is 0 Å². The molecular weight excluding hydrogens is 232 g/mol. The number of carbonyl (C=O) groups is 1. The van der Waals surface area contributed by atoms with Crippen molar-refractivity contribution in [1.82, 2.24) is 9.46 Å². The van der Waals surface area contributed by atoms with Gasteiger partial charge in [-0.15, -0.1) is 0 Å². The second-order valence-corrected chi connectivity index (χ2v) is 3.60. The molecule has 0 unspecified atom stereocenters. The van der Waals surface area contributed by atoms with Crippen molar-refractivity contribution in [1.29, 1.82) is 0 Å². The smallest absolute Gasteiger partial charge is 0.232 e. The summed E-state index contributed by atoms with van der Waals surface area (Å²) in [6.07, 6.45) is 3.43. The first kappa shape index (κ1) is 12.3. The van der Waals surface area contributed by atoms with Gasteiger partial charge < -0.3 is 9.68 Å². The summed E-state index contributed by atoms with van der Waals surface area (Å²) >= 11 is 0. The first-order valence-corrected chi connectivity index (χ1v) is 5.94. The zero-order valence-electron chi connectivity index (χ0n) is 10.5. The van der Waals surface area contributed by atoms with Crippen LogP contribution in [-0.4, -0.2) is 28.5 Å². The molecule has 0 fully saturated rings. The summed E-state index contributed by atoms with van der Waals surface area (Å²) in [4.78, 5) is 23.0. The van der Waals surface area contributed by atoms with Crippen molar-refractivity contribution >= 4 is 5.78 Å². The molecule has 0 aliphatic carbocycles. The fourth-order valence-corrected chi connectivity index (χ4v) is 1.72. The largest absolute Gasteiger partial charge is 0.414 e. The van der Waals surface area contributed by atoms with Gasteiger partial charge in [0.15, 0.2) is 0 Å². The number of rotatable bonds is 6. The Labute approximate surface area is 105 Å². The molecule has 0 aliphatic heterocycles. The minimum atomic E-state index is -0.132. The molecule has 2 aromatic rings. The van der Waals surface area contributed by atoms with Crippen molar-refractivity contribution in [2.24, 2.45) is 0 Å². The van der Waals surface area contributed by atoms with Gasteiger partial charge in [0, 0.05) is 12.4 Å². The highest BCUT2D eigenvalue weighted by Crippen LogP contribution is 2.10. The van der Waals surface area contributed by atoms with E-state index < -0.39 is 0 Å². The topological polar surface area (TPSA) is 45.4 Å². The fourth-order valence-electron chi connectivity index (χ4n) is 1.72. The third-order valence-electron chi connectivity index (χ3n) is 2.43. The third kappa shape index (κ3) is 2.25. The molecule has 0 saturated heterocycles. The number of aromatic nitrogens is 2. The van der Waals surface area contributed by atoms with Crippen LogP contribution in [0.15, 0.2) is 36.7 Å². The summed E-state index contributed by atoms with van der Waals surface area (Å²) in [5.74, 6) is -0.132. The second kappa shape index (κ2) is 5.44. The molecule has 0 saturated carbocycles. The molecule has 5 nitrogen and oxygen atoms in total. The maximum absolute atomic E-state index is 12.4. The van der Waals surface area contributed by atoms with E-state index in [9.17, 15) is 4.79 Å². The van der Waals surface area contributed by atoms with Crippen LogP contribution in [0, 0.1) is 0 Å². The lowest BCUT2D eigenvalue weighted by atomic mass is 10.2. The lowest BCUT2D eigenvalue weighted by Gasteiger charge is -2.10. The number of carbonyl (C=O) groups excluding carboxylic acids is 1. The lowest BCUT2D eigenvalue weighted by molar-refractivity contribution is 0.0833. The van der Waals surface area contributed by atoms with Gasteiger partial charge in [-0.25, -0.2) is 0 Å². The van der Waals surface area contributed by atoms with Crippen molar-refractivity contribution in [3.8, 4) is 0 Å². The van der Waals surface area contributed by atoms with E-state index in [2.05, 4.69) is 0 Å². The molecule has 96 valence electrons. The summed E-state index contributed by atoms with van der Waals surface area (Å²) in [6.45, 7) is 4.75. The Morgan fingerprint density at radius 3 is 1.83 bits per heavy atom. The molecule has 0 amide bonds. The van der Waals surface area contributed by atoms with Crippen LogP contribution in [0.4, 0.5) is 0 Å². The van der Waals surface area contributed by atoms with E-state index >= 15 is 0 Å². The average Bonchev–Trinajstić information content (AvgIpc) is 2.98. The van der Waals surface area contributed by atoms with Gasteiger partial charge in [-0.05, 0) is 38.1 Å². The van der Waals surface area contributed by atoms with Crippen LogP contribution >= 0.6 is 0 Å². The van der Waals surface area contributed by atoms with Gasteiger partial charge in [0.1, 0.15) is 24.6 Å². The van der Waals surface area contributed by atoms with Gasteiger partial charge in [-0.3, -0.25) is 4.79 Å². The molecule has 0 spiro atoms. The second-order valence-electron chi connectivity index (χ2n) is 3.60. The van der Waals surface area contributed by atoms with Gasteiger partial charge in [-0.2, -0.15) is 9.46 Å². The lowest BCUT2D eigenvalue weighted by Crippen LogP contribution is -2.21. The molecule has 2 heterocycles. The maximum atomic E-state index is 12.4. The van der Waals surface area contributed by atoms with E-state index in [1.807, 2.05) is 13.8 Å². The molecule has 18 heavy (non-hydrogen) atoms. The Morgan fingerprint density at radius 2 is 1.44 bits per heavy atom. The molecule has 0 bridgehead atoms. The summed E-state index contributed by atoms with van der Waals surface area (Å²) in [5.41, 5.74) is 0.966. The van der Waals surface area contributed by atoms with Crippen molar-refractivity contribution in [3.63, 3.8) is 0 Å². The van der Waals surface area contributed by atoms with Crippen LogP contribution in [0.2, 0.25) is 0 Å². The Bertz CT molecular complexity index is 482. The van der Waals surface area contributed by atoms with Crippen LogP contribution < -0.4 is 9.68 Å². The standard InChI is InChI=1S/C13H16N2O3/c1-3-17-14-9-5-7-11(14)13(16)12-8-6-10-15(12)18-4-2/h5-10H,3-4H2,1-2H3. The quantitative estimate of drug-likeness (QED) is 0.726. The van der Waals surface area contributed by atoms with Crippen molar-refractivity contribution < 1.29 is 14.5 Å². The molecule has 2 aromatic heterocycles. The summed E-state index contributed by atoms with van der Waals surface area (Å²) < 4.78 is 2.96. The molecule has 2 rings (SSSR count). The van der Waals surface area contributed by atoms with E-state index in [0.717, 1.165) is 0 Å².